The Labute approximate surface area is 167 Å². The van der Waals surface area contributed by atoms with Gasteiger partial charge in [-0.05, 0) is 55.5 Å². The molecule has 27 heavy (non-hydrogen) atoms. The quantitative estimate of drug-likeness (QED) is 0.474. The minimum Gasteiger partial charge on any atom is -0.497 e. The predicted molar refractivity (Wildman–Crippen MR) is 110 cm³/mol. The van der Waals surface area contributed by atoms with E-state index in [1.807, 2.05) is 37.3 Å². The number of amides is 1. The lowest BCUT2D eigenvalue weighted by Crippen LogP contribution is -2.14. The molecule has 1 amide bonds. The minimum absolute atomic E-state index is 0.121. The van der Waals surface area contributed by atoms with Crippen LogP contribution in [0.4, 0.5) is 5.69 Å². The average molecular weight is 400 g/mol. The van der Waals surface area contributed by atoms with Crippen LogP contribution in [0.5, 0.6) is 5.75 Å². The third-order valence-electron chi connectivity index (χ3n) is 3.64. The van der Waals surface area contributed by atoms with Crippen LogP contribution >= 0.6 is 23.4 Å². The van der Waals surface area contributed by atoms with Crippen molar-refractivity contribution in [2.45, 2.75) is 11.9 Å². The normalized spacial score (nSPS) is 10.5. The van der Waals surface area contributed by atoms with Crippen molar-refractivity contribution in [2.75, 3.05) is 18.2 Å². The van der Waals surface area contributed by atoms with Crippen LogP contribution in [-0.4, -0.2) is 28.7 Å². The molecular formula is C20H18ClN3O2S. The number of ether oxygens (including phenoxy) is 1. The van der Waals surface area contributed by atoms with E-state index >= 15 is 0 Å². The van der Waals surface area contributed by atoms with E-state index in [9.17, 15) is 4.79 Å². The van der Waals surface area contributed by atoms with Crippen molar-refractivity contribution in [1.29, 1.82) is 0 Å². The average Bonchev–Trinajstić information content (AvgIpc) is 2.66. The summed E-state index contributed by atoms with van der Waals surface area (Å²) in [6.07, 6.45) is 0. The second kappa shape index (κ2) is 8.88. The lowest BCUT2D eigenvalue weighted by molar-refractivity contribution is -0.113. The first kappa shape index (κ1) is 19.2. The molecule has 0 aliphatic carbocycles. The van der Waals surface area contributed by atoms with Gasteiger partial charge in [0.15, 0.2) is 5.82 Å². The van der Waals surface area contributed by atoms with Crippen LogP contribution in [0.2, 0.25) is 5.02 Å². The first-order valence-corrected chi connectivity index (χ1v) is 9.58. The molecule has 1 aromatic heterocycles. The number of rotatable bonds is 6. The lowest BCUT2D eigenvalue weighted by atomic mass is 10.2. The van der Waals surface area contributed by atoms with Crippen LogP contribution in [0, 0.1) is 6.92 Å². The number of methoxy groups -OCH3 is 1. The molecule has 0 saturated carbocycles. The van der Waals surface area contributed by atoms with E-state index in [-0.39, 0.29) is 11.7 Å². The van der Waals surface area contributed by atoms with Crippen molar-refractivity contribution < 1.29 is 9.53 Å². The summed E-state index contributed by atoms with van der Waals surface area (Å²) in [4.78, 5) is 21.2. The van der Waals surface area contributed by atoms with Gasteiger partial charge in [0, 0.05) is 22.0 Å². The fourth-order valence-corrected chi connectivity index (χ4v) is 3.33. The van der Waals surface area contributed by atoms with Crippen molar-refractivity contribution in [3.63, 3.8) is 0 Å². The number of halogens is 1. The highest BCUT2D eigenvalue weighted by Gasteiger charge is 2.09. The third-order valence-corrected chi connectivity index (χ3v) is 4.78. The molecule has 2 aromatic carbocycles. The third kappa shape index (κ3) is 5.45. The Bertz CT molecular complexity index is 948. The van der Waals surface area contributed by atoms with Gasteiger partial charge in [0.2, 0.25) is 5.91 Å². The molecule has 0 spiro atoms. The summed E-state index contributed by atoms with van der Waals surface area (Å²) < 4.78 is 5.18. The number of aryl methyl sites for hydroxylation is 1. The number of carbonyl (C=O) groups is 1. The Kier molecular flexibility index (Phi) is 6.32. The first-order chi connectivity index (χ1) is 13.0. The second-order valence-corrected chi connectivity index (χ2v) is 7.18. The van der Waals surface area contributed by atoms with E-state index in [1.165, 1.54) is 11.8 Å². The number of nitrogens with zero attached hydrogens (tertiary/aromatic N) is 2. The van der Waals surface area contributed by atoms with Gasteiger partial charge in [0.1, 0.15) is 10.8 Å². The van der Waals surface area contributed by atoms with Gasteiger partial charge in [-0.1, -0.05) is 29.4 Å². The first-order valence-electron chi connectivity index (χ1n) is 8.22. The Hall–Kier alpha value is -2.57. The van der Waals surface area contributed by atoms with Crippen molar-refractivity contribution in [1.82, 2.24) is 9.97 Å². The summed E-state index contributed by atoms with van der Waals surface area (Å²) in [5, 5.41) is 4.15. The SMILES string of the molecule is COc1ccc(-c2nc(C)cc(SCC(=O)Nc3cccc(Cl)c3)n2)cc1. The maximum Gasteiger partial charge on any atom is 0.234 e. The number of aromatic nitrogens is 2. The van der Waals surface area contributed by atoms with Gasteiger partial charge >= 0.3 is 0 Å². The smallest absolute Gasteiger partial charge is 0.234 e. The molecule has 7 heteroatoms. The molecule has 0 radical (unpaired) electrons. The van der Waals surface area contributed by atoms with Crippen molar-refractivity contribution >= 4 is 35.0 Å². The highest BCUT2D eigenvalue weighted by Crippen LogP contribution is 2.24. The van der Waals surface area contributed by atoms with Crippen LogP contribution in [0.25, 0.3) is 11.4 Å². The summed E-state index contributed by atoms with van der Waals surface area (Å²) in [5.41, 5.74) is 2.41. The molecule has 0 atom stereocenters. The van der Waals surface area contributed by atoms with Crippen LogP contribution in [0.3, 0.4) is 0 Å². The van der Waals surface area contributed by atoms with E-state index in [2.05, 4.69) is 15.3 Å². The fourth-order valence-electron chi connectivity index (χ4n) is 2.39. The highest BCUT2D eigenvalue weighted by molar-refractivity contribution is 7.99. The summed E-state index contributed by atoms with van der Waals surface area (Å²) >= 11 is 7.29. The Morgan fingerprint density at radius 1 is 1.15 bits per heavy atom. The summed E-state index contributed by atoms with van der Waals surface area (Å²) in [5.74, 6) is 1.52. The van der Waals surface area contributed by atoms with E-state index in [4.69, 9.17) is 16.3 Å². The molecule has 0 unspecified atom stereocenters. The van der Waals surface area contributed by atoms with Gasteiger partial charge in [-0.25, -0.2) is 9.97 Å². The number of nitrogens with one attached hydrogen (secondary N) is 1. The van der Waals surface area contributed by atoms with Gasteiger partial charge in [-0.3, -0.25) is 4.79 Å². The van der Waals surface area contributed by atoms with Crippen molar-refractivity contribution in [2.24, 2.45) is 0 Å². The molecule has 1 N–H and O–H groups in total. The monoisotopic (exact) mass is 399 g/mol. The molecular weight excluding hydrogens is 382 g/mol. The van der Waals surface area contributed by atoms with Crippen LogP contribution in [-0.2, 0) is 4.79 Å². The van der Waals surface area contributed by atoms with Gasteiger partial charge < -0.3 is 10.1 Å². The van der Waals surface area contributed by atoms with E-state index in [1.54, 1.807) is 31.4 Å². The maximum atomic E-state index is 12.2. The molecule has 3 rings (SSSR count). The number of anilines is 1. The summed E-state index contributed by atoms with van der Waals surface area (Å²) in [7, 11) is 1.63. The van der Waals surface area contributed by atoms with Gasteiger partial charge in [0.25, 0.3) is 0 Å². The lowest BCUT2D eigenvalue weighted by Gasteiger charge is -2.08. The minimum atomic E-state index is -0.121. The zero-order valence-electron chi connectivity index (χ0n) is 14.9. The largest absolute Gasteiger partial charge is 0.497 e. The van der Waals surface area contributed by atoms with Crippen molar-refractivity contribution in [3.05, 3.63) is 65.3 Å². The van der Waals surface area contributed by atoms with Crippen LogP contribution in [0.1, 0.15) is 5.69 Å². The van der Waals surface area contributed by atoms with Crippen LogP contribution < -0.4 is 10.1 Å². The fraction of sp³-hybridized carbons (Fsp3) is 0.150. The number of thioether (sulfide) groups is 1. The Balaban J connectivity index is 1.67. The molecule has 5 nitrogen and oxygen atoms in total. The zero-order valence-corrected chi connectivity index (χ0v) is 16.5. The Morgan fingerprint density at radius 3 is 2.63 bits per heavy atom. The zero-order chi connectivity index (χ0) is 19.2. The second-order valence-electron chi connectivity index (χ2n) is 5.75. The molecule has 0 saturated heterocycles. The standard InChI is InChI=1S/C20H18ClN3O2S/c1-13-10-19(24-20(22-13)14-6-8-17(26-2)9-7-14)27-12-18(25)23-16-5-3-4-15(21)11-16/h3-11H,12H2,1-2H3,(H,23,25). The van der Waals surface area contributed by atoms with E-state index in [0.29, 0.717) is 16.5 Å². The van der Waals surface area contributed by atoms with E-state index in [0.717, 1.165) is 22.0 Å². The van der Waals surface area contributed by atoms with E-state index < -0.39 is 0 Å². The number of benzene rings is 2. The topological polar surface area (TPSA) is 64.1 Å². The van der Waals surface area contributed by atoms with Gasteiger partial charge in [-0.15, -0.1) is 0 Å². The molecule has 0 aliphatic rings. The van der Waals surface area contributed by atoms with Crippen molar-refractivity contribution in [3.8, 4) is 17.1 Å². The molecule has 3 aromatic rings. The number of hydrogen-bond acceptors (Lipinski definition) is 5. The van der Waals surface area contributed by atoms with Gasteiger partial charge in [0.05, 0.1) is 12.9 Å². The summed E-state index contributed by atoms with van der Waals surface area (Å²) in [6, 6.07) is 16.5. The molecule has 0 aliphatic heterocycles. The maximum absolute atomic E-state index is 12.2. The highest BCUT2D eigenvalue weighted by atomic mass is 35.5. The number of carbonyl (C=O) groups excluding carboxylic acids is 1. The summed E-state index contributed by atoms with van der Waals surface area (Å²) in [6.45, 7) is 1.91. The molecule has 1 heterocycles. The molecule has 0 bridgehead atoms. The van der Waals surface area contributed by atoms with Crippen LogP contribution in [0.15, 0.2) is 59.6 Å². The molecule has 138 valence electrons. The number of hydrogen-bond donors (Lipinski definition) is 1. The predicted octanol–water partition coefficient (Wildman–Crippen LogP) is 4.84. The molecule has 0 fully saturated rings. The van der Waals surface area contributed by atoms with Gasteiger partial charge in [-0.2, -0.15) is 0 Å². The Morgan fingerprint density at radius 2 is 1.93 bits per heavy atom.